The molecule has 0 aliphatic rings. The molecule has 0 aromatic rings. The van der Waals surface area contributed by atoms with Gasteiger partial charge in [-0.25, -0.2) is 4.79 Å². The molecule has 112 valence electrons. The fourth-order valence-electron chi connectivity index (χ4n) is 1.64. The smallest absolute Gasteiger partial charge is 0.317 e. The number of nitrogens with one attached hydrogen (secondary N) is 1. The molecule has 19 heavy (non-hydrogen) atoms. The van der Waals surface area contributed by atoms with E-state index in [1.165, 1.54) is 0 Å². The molecule has 0 heterocycles. The molecular formula is C13H26N2O4. The molecule has 0 bridgehead atoms. The second-order valence-corrected chi connectivity index (χ2v) is 4.73. The summed E-state index contributed by atoms with van der Waals surface area (Å²) in [6.45, 7) is 6.83. The van der Waals surface area contributed by atoms with Crippen molar-refractivity contribution in [2.45, 2.75) is 52.1 Å². The molecule has 0 aliphatic heterocycles. The summed E-state index contributed by atoms with van der Waals surface area (Å²) < 4.78 is 5.00. The number of carbonyl (C=O) groups is 2. The van der Waals surface area contributed by atoms with Crippen LogP contribution in [-0.2, 0) is 9.53 Å². The van der Waals surface area contributed by atoms with Gasteiger partial charge >= 0.3 is 12.0 Å². The summed E-state index contributed by atoms with van der Waals surface area (Å²) in [6, 6.07) is -0.191. The van der Waals surface area contributed by atoms with Gasteiger partial charge in [-0.1, -0.05) is 6.92 Å². The van der Waals surface area contributed by atoms with Crippen molar-refractivity contribution in [2.24, 2.45) is 0 Å². The van der Waals surface area contributed by atoms with E-state index in [1.807, 2.05) is 20.8 Å². The second-order valence-electron chi connectivity index (χ2n) is 4.73. The number of methoxy groups -OCH3 is 1. The number of aliphatic carboxylic acids is 1. The molecule has 0 rings (SSSR count). The number of hydrogen-bond acceptors (Lipinski definition) is 3. The molecule has 6 heteroatoms. The third-order valence-corrected chi connectivity index (χ3v) is 3.08. The SMILES string of the molecule is CCC(C)N(CCOC)C(=O)NC(C)CCC(=O)O. The zero-order valence-corrected chi connectivity index (χ0v) is 12.3. The van der Waals surface area contributed by atoms with Crippen molar-refractivity contribution in [3.05, 3.63) is 0 Å². The highest BCUT2D eigenvalue weighted by Gasteiger charge is 2.20. The number of urea groups is 1. The molecular weight excluding hydrogens is 248 g/mol. The molecule has 0 aliphatic carbocycles. The highest BCUT2D eigenvalue weighted by Crippen LogP contribution is 2.05. The van der Waals surface area contributed by atoms with Gasteiger partial charge in [-0.15, -0.1) is 0 Å². The van der Waals surface area contributed by atoms with Crippen molar-refractivity contribution in [3.8, 4) is 0 Å². The molecule has 0 aromatic carbocycles. The Labute approximate surface area is 115 Å². The molecule has 0 saturated heterocycles. The Bertz CT molecular complexity index is 284. The summed E-state index contributed by atoms with van der Waals surface area (Å²) in [6.07, 6.45) is 1.35. The molecule has 0 aromatic heterocycles. The Morgan fingerprint density at radius 3 is 2.47 bits per heavy atom. The van der Waals surface area contributed by atoms with Crippen LogP contribution in [0.2, 0.25) is 0 Å². The quantitative estimate of drug-likeness (QED) is 0.670. The zero-order chi connectivity index (χ0) is 14.8. The Morgan fingerprint density at radius 2 is 2.00 bits per heavy atom. The minimum absolute atomic E-state index is 0.0584. The van der Waals surface area contributed by atoms with E-state index < -0.39 is 5.97 Å². The topological polar surface area (TPSA) is 78.9 Å². The first kappa shape index (κ1) is 17.7. The van der Waals surface area contributed by atoms with E-state index in [1.54, 1.807) is 12.0 Å². The van der Waals surface area contributed by atoms with Crippen LogP contribution in [0.1, 0.15) is 40.0 Å². The maximum Gasteiger partial charge on any atom is 0.317 e. The van der Waals surface area contributed by atoms with Crippen molar-refractivity contribution < 1.29 is 19.4 Å². The van der Waals surface area contributed by atoms with Gasteiger partial charge < -0.3 is 20.1 Å². The fraction of sp³-hybridized carbons (Fsp3) is 0.846. The van der Waals surface area contributed by atoms with Crippen LogP contribution in [0.15, 0.2) is 0 Å². The van der Waals surface area contributed by atoms with Crippen LogP contribution in [0, 0.1) is 0 Å². The van der Waals surface area contributed by atoms with Gasteiger partial charge in [0.2, 0.25) is 0 Å². The Kier molecular flexibility index (Phi) is 8.95. The first-order chi connectivity index (χ1) is 8.92. The van der Waals surface area contributed by atoms with Gasteiger partial charge in [0.25, 0.3) is 0 Å². The third kappa shape index (κ3) is 7.66. The largest absolute Gasteiger partial charge is 0.481 e. The molecule has 2 unspecified atom stereocenters. The first-order valence-electron chi connectivity index (χ1n) is 6.70. The van der Waals surface area contributed by atoms with Crippen molar-refractivity contribution >= 4 is 12.0 Å². The zero-order valence-electron chi connectivity index (χ0n) is 12.3. The molecule has 0 spiro atoms. The van der Waals surface area contributed by atoms with Gasteiger partial charge in [0.05, 0.1) is 6.61 Å². The monoisotopic (exact) mass is 274 g/mol. The standard InChI is InChI=1S/C13H26N2O4/c1-5-11(3)15(8-9-19-4)13(18)14-10(2)6-7-12(16)17/h10-11H,5-9H2,1-4H3,(H,14,18)(H,16,17). The predicted octanol–water partition coefficient (Wildman–Crippen LogP) is 1.70. The van der Waals surface area contributed by atoms with E-state index in [2.05, 4.69) is 5.32 Å². The molecule has 2 N–H and O–H groups in total. The lowest BCUT2D eigenvalue weighted by Gasteiger charge is -2.30. The number of carboxylic acids is 1. The van der Waals surface area contributed by atoms with E-state index in [9.17, 15) is 9.59 Å². The summed E-state index contributed by atoms with van der Waals surface area (Å²) in [5.74, 6) is -0.848. The van der Waals surface area contributed by atoms with Crippen LogP contribution in [0.4, 0.5) is 4.79 Å². The molecule has 2 amide bonds. The van der Waals surface area contributed by atoms with Gasteiger partial charge in [0.15, 0.2) is 0 Å². The molecule has 0 saturated carbocycles. The van der Waals surface area contributed by atoms with Gasteiger partial charge in [0.1, 0.15) is 0 Å². The summed E-state index contributed by atoms with van der Waals surface area (Å²) in [7, 11) is 1.60. The van der Waals surface area contributed by atoms with Crippen LogP contribution < -0.4 is 5.32 Å². The number of carbonyl (C=O) groups excluding carboxylic acids is 1. The van der Waals surface area contributed by atoms with Crippen LogP contribution in [0.3, 0.4) is 0 Å². The molecule has 2 atom stereocenters. The maximum atomic E-state index is 12.1. The molecule has 6 nitrogen and oxygen atoms in total. The Balaban J connectivity index is 4.33. The number of amides is 2. The third-order valence-electron chi connectivity index (χ3n) is 3.08. The maximum absolute atomic E-state index is 12.1. The second kappa shape index (κ2) is 9.61. The number of ether oxygens (including phenoxy) is 1. The lowest BCUT2D eigenvalue weighted by atomic mass is 10.2. The van der Waals surface area contributed by atoms with Crippen molar-refractivity contribution in [1.29, 1.82) is 0 Å². The Morgan fingerprint density at radius 1 is 1.37 bits per heavy atom. The van der Waals surface area contributed by atoms with Crippen molar-refractivity contribution in [1.82, 2.24) is 10.2 Å². The van der Waals surface area contributed by atoms with E-state index >= 15 is 0 Å². The van der Waals surface area contributed by atoms with Crippen LogP contribution in [0.25, 0.3) is 0 Å². The van der Waals surface area contributed by atoms with Gasteiger partial charge in [-0.2, -0.15) is 0 Å². The average molecular weight is 274 g/mol. The highest BCUT2D eigenvalue weighted by atomic mass is 16.5. The number of carboxylic acid groups (broad SMARTS) is 1. The normalized spacial score (nSPS) is 13.7. The minimum atomic E-state index is -0.848. The van der Waals surface area contributed by atoms with Crippen molar-refractivity contribution in [3.63, 3.8) is 0 Å². The first-order valence-corrected chi connectivity index (χ1v) is 6.70. The molecule has 0 radical (unpaired) electrons. The predicted molar refractivity (Wildman–Crippen MR) is 73.2 cm³/mol. The number of rotatable bonds is 9. The number of hydrogen-bond donors (Lipinski definition) is 2. The fourth-order valence-corrected chi connectivity index (χ4v) is 1.64. The lowest BCUT2D eigenvalue weighted by molar-refractivity contribution is -0.137. The van der Waals surface area contributed by atoms with E-state index in [0.717, 1.165) is 6.42 Å². The van der Waals surface area contributed by atoms with E-state index in [-0.39, 0.29) is 24.5 Å². The summed E-state index contributed by atoms with van der Waals surface area (Å²) >= 11 is 0. The summed E-state index contributed by atoms with van der Waals surface area (Å²) in [4.78, 5) is 24.3. The summed E-state index contributed by atoms with van der Waals surface area (Å²) in [5.41, 5.74) is 0. The van der Waals surface area contributed by atoms with E-state index in [4.69, 9.17) is 9.84 Å². The van der Waals surface area contributed by atoms with Crippen LogP contribution >= 0.6 is 0 Å². The summed E-state index contributed by atoms with van der Waals surface area (Å²) in [5, 5.41) is 11.4. The number of nitrogens with zero attached hydrogens (tertiary/aromatic N) is 1. The van der Waals surface area contributed by atoms with Crippen LogP contribution in [-0.4, -0.2) is 54.4 Å². The van der Waals surface area contributed by atoms with E-state index in [0.29, 0.717) is 19.6 Å². The average Bonchev–Trinajstić information content (AvgIpc) is 2.36. The minimum Gasteiger partial charge on any atom is -0.481 e. The van der Waals surface area contributed by atoms with Gasteiger partial charge in [0, 0.05) is 32.2 Å². The lowest BCUT2D eigenvalue weighted by Crippen LogP contribution is -2.48. The van der Waals surface area contributed by atoms with Gasteiger partial charge in [-0.05, 0) is 26.7 Å². The molecule has 0 fully saturated rings. The van der Waals surface area contributed by atoms with Crippen molar-refractivity contribution in [2.75, 3.05) is 20.3 Å². The Hall–Kier alpha value is -1.30. The highest BCUT2D eigenvalue weighted by molar-refractivity contribution is 5.75. The van der Waals surface area contributed by atoms with Crippen LogP contribution in [0.5, 0.6) is 0 Å². The van der Waals surface area contributed by atoms with Gasteiger partial charge in [-0.3, -0.25) is 4.79 Å².